The number of primary amides is 1. The van der Waals surface area contributed by atoms with E-state index in [1.165, 1.54) is 29.2 Å². The van der Waals surface area contributed by atoms with Gasteiger partial charge in [0.1, 0.15) is 13.2 Å². The van der Waals surface area contributed by atoms with Crippen molar-refractivity contribution in [3.63, 3.8) is 0 Å². The molecule has 0 aromatic heterocycles. The number of nitro benzene ring substituents is 1. The topological polar surface area (TPSA) is 163 Å². The van der Waals surface area contributed by atoms with Crippen molar-refractivity contribution in [2.24, 2.45) is 5.73 Å². The van der Waals surface area contributed by atoms with E-state index >= 15 is 0 Å². The van der Waals surface area contributed by atoms with Gasteiger partial charge in [-0.2, -0.15) is 0 Å². The molecule has 1 aromatic carbocycles. The lowest BCUT2D eigenvalue weighted by Crippen LogP contribution is -2.52. The molecule has 0 saturated carbocycles. The fraction of sp³-hybridized carbons (Fsp3) is 0.625. The van der Waals surface area contributed by atoms with E-state index in [0.717, 1.165) is 6.42 Å². The molecular formula is C24H38N4O8Si. The molecule has 1 aliphatic rings. The zero-order valence-corrected chi connectivity index (χ0v) is 23.2. The van der Waals surface area contributed by atoms with Crippen molar-refractivity contribution in [2.45, 2.75) is 70.4 Å². The Morgan fingerprint density at radius 2 is 1.84 bits per heavy atom. The second-order valence-electron chi connectivity index (χ2n) is 10.5. The Hall–Kier alpha value is -3.03. The third-order valence-electron chi connectivity index (χ3n) is 6.80. The third-order valence-corrected chi connectivity index (χ3v) is 11.3. The summed E-state index contributed by atoms with van der Waals surface area (Å²) in [4.78, 5) is 48.8. The predicted molar refractivity (Wildman–Crippen MR) is 138 cm³/mol. The standard InChI is InChI=1S/C24H38N4O8Si/c1-24(2,3)37(4,5)36-14-13-34-22(30)20(21(25)29)26-15-19-7-6-12-27(19)23(31)35-16-17-8-10-18(11-9-17)28(32)33/h8-11,19-20,26H,6-7,12-16H2,1-5H3,(H2,25,29). The molecule has 0 radical (unpaired) electrons. The fourth-order valence-electron chi connectivity index (χ4n) is 3.52. The molecule has 206 valence electrons. The van der Waals surface area contributed by atoms with Gasteiger partial charge < -0.3 is 24.5 Å². The lowest BCUT2D eigenvalue weighted by molar-refractivity contribution is -0.384. The van der Waals surface area contributed by atoms with Gasteiger partial charge in [-0.1, -0.05) is 20.8 Å². The lowest BCUT2D eigenvalue weighted by atomic mass is 10.2. The molecule has 2 atom stereocenters. The number of esters is 1. The minimum atomic E-state index is -1.99. The quantitative estimate of drug-likeness (QED) is 0.102. The highest BCUT2D eigenvalue weighted by atomic mass is 28.4. The van der Waals surface area contributed by atoms with Gasteiger partial charge in [0.25, 0.3) is 5.69 Å². The first-order valence-electron chi connectivity index (χ1n) is 12.2. The molecule has 13 heteroatoms. The number of nitrogens with one attached hydrogen (secondary N) is 1. The lowest BCUT2D eigenvalue weighted by Gasteiger charge is -2.36. The van der Waals surface area contributed by atoms with Crippen molar-refractivity contribution >= 4 is 32.0 Å². The van der Waals surface area contributed by atoms with Crippen LogP contribution in [0.15, 0.2) is 24.3 Å². The van der Waals surface area contributed by atoms with Crippen molar-refractivity contribution in [3.05, 3.63) is 39.9 Å². The Kier molecular flexibility index (Phi) is 10.6. The molecule has 1 aliphatic heterocycles. The van der Waals surface area contributed by atoms with Gasteiger partial charge in [0.05, 0.1) is 11.5 Å². The summed E-state index contributed by atoms with van der Waals surface area (Å²) < 4.78 is 16.6. The summed E-state index contributed by atoms with van der Waals surface area (Å²) in [5, 5.41) is 13.6. The molecular weight excluding hydrogens is 500 g/mol. The highest BCUT2D eigenvalue weighted by molar-refractivity contribution is 6.74. The van der Waals surface area contributed by atoms with E-state index in [0.29, 0.717) is 18.5 Å². The smallest absolute Gasteiger partial charge is 0.410 e. The van der Waals surface area contributed by atoms with Crippen LogP contribution < -0.4 is 11.1 Å². The Bertz CT molecular complexity index is 964. The van der Waals surface area contributed by atoms with Crippen LogP contribution in [0.2, 0.25) is 18.1 Å². The average molecular weight is 539 g/mol. The van der Waals surface area contributed by atoms with Gasteiger partial charge in [-0.15, -0.1) is 0 Å². The van der Waals surface area contributed by atoms with Crippen molar-refractivity contribution in [2.75, 3.05) is 26.3 Å². The average Bonchev–Trinajstić information content (AvgIpc) is 3.28. The van der Waals surface area contributed by atoms with Crippen LogP contribution in [0.25, 0.3) is 0 Å². The van der Waals surface area contributed by atoms with Crippen LogP contribution >= 0.6 is 0 Å². The molecule has 0 bridgehead atoms. The molecule has 0 spiro atoms. The Morgan fingerprint density at radius 3 is 2.41 bits per heavy atom. The van der Waals surface area contributed by atoms with Crippen LogP contribution in [0.4, 0.5) is 10.5 Å². The maximum atomic E-state index is 12.6. The van der Waals surface area contributed by atoms with Gasteiger partial charge in [0.2, 0.25) is 5.91 Å². The molecule has 0 aliphatic carbocycles. The minimum Gasteiger partial charge on any atom is -0.462 e. The molecule has 2 unspecified atom stereocenters. The zero-order chi connectivity index (χ0) is 27.8. The maximum Gasteiger partial charge on any atom is 0.410 e. The van der Waals surface area contributed by atoms with Gasteiger partial charge in [0, 0.05) is 31.3 Å². The van der Waals surface area contributed by atoms with Crippen molar-refractivity contribution in [1.29, 1.82) is 0 Å². The van der Waals surface area contributed by atoms with E-state index in [1.807, 2.05) is 0 Å². The number of benzene rings is 1. The highest BCUT2D eigenvalue weighted by Crippen LogP contribution is 2.36. The van der Waals surface area contributed by atoms with Crippen LogP contribution in [-0.2, 0) is 30.1 Å². The second kappa shape index (κ2) is 13.0. The first kappa shape index (κ1) is 30.2. The number of non-ortho nitro benzene ring substituents is 1. The zero-order valence-electron chi connectivity index (χ0n) is 22.2. The number of ether oxygens (including phenoxy) is 2. The van der Waals surface area contributed by atoms with E-state index in [9.17, 15) is 24.5 Å². The molecule has 3 N–H and O–H groups in total. The SMILES string of the molecule is CC(C)(C)[Si](C)(C)OCCOC(=O)C(NCC1CCCN1C(=O)OCc1ccc([N+](=O)[O-])cc1)C(N)=O. The Labute approximate surface area is 218 Å². The van der Waals surface area contributed by atoms with Crippen molar-refractivity contribution in [1.82, 2.24) is 10.2 Å². The van der Waals surface area contributed by atoms with Gasteiger partial charge in [0.15, 0.2) is 14.4 Å². The first-order valence-corrected chi connectivity index (χ1v) is 15.1. The van der Waals surface area contributed by atoms with Crippen LogP contribution in [0.5, 0.6) is 0 Å². The van der Waals surface area contributed by atoms with Crippen LogP contribution in [0.3, 0.4) is 0 Å². The highest BCUT2D eigenvalue weighted by Gasteiger charge is 2.37. The molecule has 2 amide bonds. The molecule has 2 rings (SSSR count). The maximum absolute atomic E-state index is 12.6. The number of rotatable bonds is 12. The summed E-state index contributed by atoms with van der Waals surface area (Å²) >= 11 is 0. The van der Waals surface area contributed by atoms with Gasteiger partial charge in [-0.05, 0) is 48.7 Å². The Morgan fingerprint density at radius 1 is 1.19 bits per heavy atom. The summed E-state index contributed by atoms with van der Waals surface area (Å²) in [5.41, 5.74) is 5.98. The normalized spacial score (nSPS) is 16.8. The number of hydrogen-bond donors (Lipinski definition) is 2. The van der Waals surface area contributed by atoms with Crippen molar-refractivity contribution in [3.8, 4) is 0 Å². The monoisotopic (exact) mass is 538 g/mol. The summed E-state index contributed by atoms with van der Waals surface area (Å²) in [5.74, 6) is -1.67. The van der Waals surface area contributed by atoms with Crippen molar-refractivity contribution < 1.29 is 33.2 Å². The number of nitro groups is 1. The number of hydrogen-bond acceptors (Lipinski definition) is 9. The largest absolute Gasteiger partial charge is 0.462 e. The number of nitrogens with zero attached hydrogens (tertiary/aromatic N) is 2. The summed E-state index contributed by atoms with van der Waals surface area (Å²) in [6, 6.07) is 4.07. The molecule has 1 saturated heterocycles. The van der Waals surface area contributed by atoms with Gasteiger partial charge in [-0.25, -0.2) is 9.59 Å². The molecule has 37 heavy (non-hydrogen) atoms. The molecule has 12 nitrogen and oxygen atoms in total. The van der Waals surface area contributed by atoms with Crippen LogP contribution in [-0.4, -0.2) is 74.5 Å². The number of likely N-dealkylation sites (tertiary alicyclic amines) is 1. The number of nitrogens with two attached hydrogens (primary N) is 1. The van der Waals surface area contributed by atoms with E-state index in [2.05, 4.69) is 39.2 Å². The summed E-state index contributed by atoms with van der Waals surface area (Å²) in [6.07, 6.45) is 0.833. The van der Waals surface area contributed by atoms with Crippen LogP contribution in [0, 0.1) is 10.1 Å². The number of carbonyl (C=O) groups excluding carboxylic acids is 3. The molecule has 1 aromatic rings. The molecule has 1 fully saturated rings. The fourth-order valence-corrected chi connectivity index (χ4v) is 4.55. The third kappa shape index (κ3) is 8.79. The second-order valence-corrected chi connectivity index (χ2v) is 15.3. The predicted octanol–water partition coefficient (Wildman–Crippen LogP) is 2.70. The van der Waals surface area contributed by atoms with Crippen LogP contribution in [0.1, 0.15) is 39.2 Å². The molecule has 1 heterocycles. The van der Waals surface area contributed by atoms with E-state index < -0.39 is 37.3 Å². The van der Waals surface area contributed by atoms with E-state index in [1.54, 1.807) is 0 Å². The summed E-state index contributed by atoms with van der Waals surface area (Å²) in [7, 11) is -1.99. The van der Waals surface area contributed by atoms with E-state index in [-0.39, 0.29) is 43.1 Å². The van der Waals surface area contributed by atoms with Gasteiger partial charge in [-0.3, -0.25) is 20.2 Å². The first-order chi connectivity index (χ1) is 17.2. The Balaban J connectivity index is 1.83. The summed E-state index contributed by atoms with van der Waals surface area (Å²) in [6.45, 7) is 11.3. The van der Waals surface area contributed by atoms with E-state index in [4.69, 9.17) is 19.6 Å². The number of amides is 2. The minimum absolute atomic E-state index is 0.00132. The van der Waals surface area contributed by atoms with Gasteiger partial charge >= 0.3 is 12.1 Å². The number of carbonyl (C=O) groups is 3.